The number of aliphatic hydroxyl groups is 1. The molecule has 0 aliphatic carbocycles. The number of ether oxygens (including phenoxy) is 1. The van der Waals surface area contributed by atoms with Crippen molar-refractivity contribution in [2.24, 2.45) is 5.73 Å². The molecule has 2 heterocycles. The molecule has 0 fully saturated rings. The topological polar surface area (TPSA) is 110 Å². The third-order valence-electron chi connectivity index (χ3n) is 3.58. The predicted molar refractivity (Wildman–Crippen MR) is 339 cm³/mol. The Kier molecular flexibility index (Phi) is 0.183. The third kappa shape index (κ3) is 3.98. The van der Waals surface area contributed by atoms with E-state index in [9.17, 15) is 5.02 Å². The van der Waals surface area contributed by atoms with E-state index in [-0.39, 0.29) is 21.9 Å². The molecule has 9 heteroatoms. The summed E-state index contributed by atoms with van der Waals surface area (Å²) in [4.78, 5) is 4.38. The predicted octanol–water partition coefficient (Wildman–Crippen LogP) is 28.9. The first-order chi connectivity index (χ1) is 125. The van der Waals surface area contributed by atoms with Crippen molar-refractivity contribution in [3.8, 4) is 11.6 Å². The van der Waals surface area contributed by atoms with E-state index in [1.165, 1.54) is 0 Å². The first kappa shape index (κ1) is 0.528. The van der Waals surface area contributed by atoms with Gasteiger partial charge in [0, 0.05) is 366 Å². The number of nitrogens with zero attached hydrogens (tertiary/aromatic N) is 1. The summed E-state index contributed by atoms with van der Waals surface area (Å²) in [7, 11) is -0.865. The van der Waals surface area contributed by atoms with Crippen LogP contribution in [0, 0.1) is 0 Å². The Morgan fingerprint density at radius 3 is 3.00 bits per heavy atom. The van der Waals surface area contributed by atoms with Crippen LogP contribution in [-0.4, -0.2) is 35.4 Å². The molecular weight excluding hydrogens is 332 g/mol. The summed E-state index contributed by atoms with van der Waals surface area (Å²) < 4.78 is 1150. The maximum absolute atomic E-state index is 9.62. The molecule has 0 saturated heterocycles. The van der Waals surface area contributed by atoms with Gasteiger partial charge in [0.25, 0.3) is 0 Å². The number of pyridine rings is 1. The lowest BCUT2D eigenvalue weighted by atomic mass is 9.80. The smallest absolute Gasteiger partial charge is 0.439 e. The molecular formula is C15H251BClN3O4. The molecule has 1 aliphatic heterocycles. The van der Waals surface area contributed by atoms with Crippen LogP contribution in [0.15, 0.2) is 30.3 Å². The Bertz CT molecular complexity index is 819. The number of hydrogen-bond donors (Lipinski definition) is 4. The molecule has 7 nitrogen and oxygen atoms in total. The average Bonchev–Trinajstić information content (AvgIpc) is 1.68. The van der Waals surface area contributed by atoms with Crippen molar-refractivity contribution in [3.63, 3.8) is 0 Å². The van der Waals surface area contributed by atoms with Gasteiger partial charge in [-0.05, 0) is 29.2 Å². The molecule has 0 spiro atoms. The van der Waals surface area contributed by atoms with Crippen molar-refractivity contribution in [2.75, 3.05) is 18.5 Å². The summed E-state index contributed by atoms with van der Waals surface area (Å²) in [6.07, 6.45) is 0. The lowest BCUT2D eigenvalue weighted by Gasteiger charge is -2.12. The third-order valence-corrected chi connectivity index (χ3v) is 3.58. The molecule has 360 valence electrons. The molecule has 2 aromatic rings. The number of hydrogen-bond acceptors (Lipinski definition) is 7. The van der Waals surface area contributed by atoms with Crippen molar-refractivity contribution in [3.05, 3.63) is 41.5 Å². The first-order valence-electron chi connectivity index (χ1n) is 121. The van der Waals surface area contributed by atoms with Gasteiger partial charge < -0.3 is 30.6 Å². The largest absolute Gasteiger partial charge is 0.491 e. The number of benzene rings is 1. The second-order valence-electron chi connectivity index (χ2n) is 5.14. The molecule has 0 saturated carbocycles. The van der Waals surface area contributed by atoms with Crippen molar-refractivity contribution in [2.45, 2.75) is 13.2 Å². The summed E-state index contributed by atoms with van der Waals surface area (Å²) in [6.45, 7) is 1.09. The second-order valence-corrected chi connectivity index (χ2v) is 5.14. The van der Waals surface area contributed by atoms with E-state index in [1.807, 2.05) is 12.1 Å². The van der Waals surface area contributed by atoms with Crippen LogP contribution in [0.5, 0.6) is 11.6 Å². The highest BCUT2D eigenvalue weighted by atomic mass is 35.5. The van der Waals surface area contributed by atoms with Crippen LogP contribution in [0.25, 0.3) is 0 Å². The van der Waals surface area contributed by atoms with Crippen molar-refractivity contribution < 1.29 is 361 Å². The van der Waals surface area contributed by atoms with Gasteiger partial charge in [-0.2, -0.15) is 4.98 Å². The maximum Gasteiger partial charge on any atom is 0.491 e. The van der Waals surface area contributed by atoms with Crippen LogP contribution in [0.3, 0.4) is 0 Å². The highest BCUT2D eigenvalue weighted by molar-refractivity contribution is 6.61. The fourth-order valence-corrected chi connectivity index (χ4v) is 2.41. The van der Waals surface area contributed by atoms with Crippen LogP contribution in [0.4, 0.5) is 5.82 Å². The second kappa shape index (κ2) is 8.32. The van der Waals surface area contributed by atoms with Crippen LogP contribution >= 0.6 is 12.4 Å². The van der Waals surface area contributed by atoms with Gasteiger partial charge in [0.2, 0.25) is 5.88 Å². The van der Waals surface area contributed by atoms with E-state index in [0.717, 1.165) is 16.6 Å². The Morgan fingerprint density at radius 1 is 1.42 bits per heavy atom. The molecule has 0 atom stereocenters. The Morgan fingerprint density at radius 2 is 2.25 bits per heavy atom. The van der Waals surface area contributed by atoms with Gasteiger partial charge in [-0.1, -0.05) is 6.07 Å². The Hall–Kier alpha value is -1.84. The van der Waals surface area contributed by atoms with Gasteiger partial charge in [0.1, 0.15) is 11.6 Å². The number of rotatable bonds is 6. The Labute approximate surface area is 501 Å². The van der Waals surface area contributed by atoms with Crippen LogP contribution in [0.1, 0.15) is 353 Å². The van der Waals surface area contributed by atoms with Gasteiger partial charge >= 0.3 is 7.12 Å². The molecule has 5 N–H and O–H groups in total. The van der Waals surface area contributed by atoms with E-state index in [1.54, 1.807) is 18.2 Å². The van der Waals surface area contributed by atoms with E-state index in [2.05, 4.69) is 10.3 Å². The monoisotopic (exact) mass is 816 g/mol. The van der Waals surface area contributed by atoms with E-state index in [0.29, 0.717) is 37.1 Å². The quantitative estimate of drug-likeness (QED) is 0.215. The minimum absolute atomic E-state index is 0. The normalized spacial score (nSPS) is 50.5. The number of halogens is 1. The molecule has 1 aliphatic rings. The summed E-state index contributed by atoms with van der Waals surface area (Å²) in [5.41, 5.74) is 8.18. The van der Waals surface area contributed by atoms with Crippen molar-refractivity contribution in [1.82, 2.24) is 4.98 Å². The molecule has 3 rings (SSSR count). The highest BCUT2D eigenvalue weighted by Crippen LogP contribution is 2.25. The van der Waals surface area contributed by atoms with E-state index < -0.39 is 7.12 Å². The number of aromatic nitrogens is 1. The lowest BCUT2D eigenvalue weighted by molar-refractivity contribution is 0.275. The molecule has 1 aromatic carbocycles. The summed E-state index contributed by atoms with van der Waals surface area (Å²) >= 11 is 0. The maximum atomic E-state index is 9.62. The minimum Gasteiger partial charge on any atom is -0.439 e. The number of nitrogens with one attached hydrogen (secondary N) is 1. The van der Waals surface area contributed by atoms with Crippen molar-refractivity contribution >= 4 is 30.8 Å². The SMILES string of the molecule is Cl.NCc1ccc(Oc2ccc3c(c2)COB3O)nc1NCCO.[2HH].[2HH].[2H][2H].[2H][2H].[2H][2H].[2H][2H].[2H][2H].[2H][2H].[2H][2H].[2H][2H].[2H][2H].[2H][2H].[2H][2H].[2H][2H].[2H][2H].[2H][2H].[2H][2H].[2H][2H].[2H][2H].[2H][2H].[2H][2H].[2H][2H].[2H][2H].[2H][2H].[2H][2H].[2H][2H].[2H][2H].[2H][2H].[2H][2H].[2H][2H].[2H][2H].[2H][2H].[2H][2H].[2H][2H].[2H][2H].[2H][2H].[2H][2H].[2H][2H].[2H][2H].[2H][2H].[2H][2H].[2H][2H].[2H][2H].[2H][2H].[2H][2H].[2H][2H].[2H][2H].[2H][2H].[2H][2H].[2H][2H].[2H][2H].[2H][2H].[2H][2H].[2H][2H].[2H][2H].[2H][2H].[2H][2H].[2H][2H].[2H][2H].[2H][2H].[2H][2H].[2H][2H].[2H][2H].[2H][2H].[2H][2H].[2H][2H].[2H][2H].[2H][2H].[2H][2H].[2H][2H].[2H][2H].[2H][2H].[2H][2H].[2H][2H].[2H][2H].[2H][2H].[2H][2H].[2H][2H].[2H][2H].[2H][2H].[2H][2H].[2H][2H].[2H][2H].[2H][2H].[2H][2H].[2H][2H].[2H][2H].[2H][2H].[2H][2H].[2H][2H].[2H][2H].[2H][2H].[2H][2H].[2H][2H].[2H][2H].[2H][2H].[2H][2H].[2H][2H].[2H][2H].[2H][2H].[2H][2H].[2H][2H].[2H][2H].[2H][2H].[2H][2H].[2H][2H].[2H][2H].[2H][2H].[2H][2H].[2H][2H].[2H][2H].[2H][2H].[2H][2H].[2H][2H].[2H][2H].[2H][2H]. The molecule has 1 aromatic heterocycles. The number of nitrogens with two attached hydrogens (primary N) is 1. The summed E-state index contributed by atoms with van der Waals surface area (Å²) in [5.74, 6) is 1.63. The van der Waals surface area contributed by atoms with Gasteiger partial charge in [-0.3, -0.25) is 0 Å². The van der Waals surface area contributed by atoms with Gasteiger partial charge in [-0.15, -0.1) is 12.4 Å². The van der Waals surface area contributed by atoms with Gasteiger partial charge in [0.05, 0.1) is 13.2 Å². The lowest BCUT2D eigenvalue weighted by Crippen LogP contribution is -2.27. The zero-order valence-electron chi connectivity index (χ0n) is 241. The zero-order chi connectivity index (χ0) is 244. The average molecular weight is 817 g/mol. The molecule has 24 heavy (non-hydrogen) atoms. The zero-order valence-corrected chi connectivity index (χ0v) is 13.8. The number of aliphatic hydroxyl groups excluding tert-OH is 1. The van der Waals surface area contributed by atoms with Crippen molar-refractivity contribution in [1.29, 1.82) is 0 Å². The number of fused-ring (bicyclic) bond motifs is 1. The first-order valence-corrected chi connectivity index (χ1v) is 7.36. The molecule has 0 amide bonds. The minimum atomic E-state index is -0.865. The molecule has 0 bridgehead atoms. The molecule has 0 unspecified atom stereocenters. The van der Waals surface area contributed by atoms with Crippen LogP contribution in [0.2, 0.25) is 0 Å². The van der Waals surface area contributed by atoms with Gasteiger partial charge in [0.15, 0.2) is 0 Å². The Balaban J connectivity index is -0.00000000690. The van der Waals surface area contributed by atoms with Gasteiger partial charge in [-0.25, -0.2) is 0 Å². The number of anilines is 1. The fourth-order valence-electron chi connectivity index (χ4n) is 2.41. The summed E-state index contributed by atoms with van der Waals surface area (Å²) in [6, 6.07) is 8.94. The standard InChI is InChI=1S/C15H18BN3O4.ClH.116H2/c17-8-10-1-4-14(19-15(10)18-5-6-20)23-12-2-3-13-11(7-12)9-22-16(13)21;;;;;;;;;;;;;;;;;;;;;;;;;;;;;;;;;;;;;;;;;;;;;;;;;;;;;;;;;;;;;;;;;;;;;;;;;;;;;;;;;;;;;;;;;;;;;;;;;;;;;;;;;;;;;;;;;;;;;/h1-4,7,20-21H,5-6,8-9,17H2,(H,18,19);117*1H/i;;114*1+1D;2*1+1. The molecule has 0 radical (unpaired) electrons. The highest BCUT2D eigenvalue weighted by Gasteiger charge is 2.27. The van der Waals surface area contributed by atoms with Crippen LogP contribution in [-0.2, 0) is 17.8 Å². The van der Waals surface area contributed by atoms with Crippen LogP contribution < -0.4 is 21.3 Å². The summed E-state index contributed by atoms with van der Waals surface area (Å²) in [5, 5.41) is 21.6. The van der Waals surface area contributed by atoms with E-state index >= 15 is 0 Å². The van der Waals surface area contributed by atoms with E-state index in [4.69, 9.17) is 359 Å². The fraction of sp³-hybridized carbons (Fsp3) is 0.267.